The standard InChI is InChI=1S/C15H24N4O5S/c1-3-24-12-7-10(14(12)19-6-4-5-16-19)17-15(20)18-11-8-25(21,22)9-13(11)23-2/h4-6,10-14H,3,7-9H2,1-2H3,(H2,17,18,20). The van der Waals surface area contributed by atoms with Crippen molar-refractivity contribution in [3.05, 3.63) is 18.5 Å². The SMILES string of the molecule is CCOC1CC(NC(=O)NC2CS(=O)(=O)CC2OC)C1n1cccn1. The Labute approximate surface area is 147 Å². The van der Waals surface area contributed by atoms with Crippen molar-refractivity contribution >= 4 is 15.9 Å². The van der Waals surface area contributed by atoms with Crippen LogP contribution in [-0.2, 0) is 19.3 Å². The molecule has 2 heterocycles. The van der Waals surface area contributed by atoms with E-state index < -0.39 is 28.0 Å². The van der Waals surface area contributed by atoms with Crippen molar-refractivity contribution in [1.29, 1.82) is 0 Å². The quantitative estimate of drug-likeness (QED) is 0.710. The minimum Gasteiger partial charge on any atom is -0.378 e. The second-order valence-corrected chi connectivity index (χ2v) is 8.54. The van der Waals surface area contributed by atoms with Gasteiger partial charge in [0.15, 0.2) is 9.84 Å². The van der Waals surface area contributed by atoms with Gasteiger partial charge in [-0.05, 0) is 19.4 Å². The first-order valence-corrected chi connectivity index (χ1v) is 10.2. The summed E-state index contributed by atoms with van der Waals surface area (Å²) in [7, 11) is -1.74. The summed E-state index contributed by atoms with van der Waals surface area (Å²) >= 11 is 0. The molecule has 0 bridgehead atoms. The predicted molar refractivity (Wildman–Crippen MR) is 90.0 cm³/mol. The van der Waals surface area contributed by atoms with Crippen LogP contribution >= 0.6 is 0 Å². The Morgan fingerprint density at radius 1 is 1.28 bits per heavy atom. The zero-order valence-electron chi connectivity index (χ0n) is 14.3. The van der Waals surface area contributed by atoms with Crippen LogP contribution in [0.2, 0.25) is 0 Å². The van der Waals surface area contributed by atoms with E-state index in [0.29, 0.717) is 13.0 Å². The number of carbonyl (C=O) groups excluding carboxylic acids is 1. The van der Waals surface area contributed by atoms with Crippen LogP contribution in [0.4, 0.5) is 4.79 Å². The molecule has 0 aromatic carbocycles. The van der Waals surface area contributed by atoms with Crippen LogP contribution in [0.3, 0.4) is 0 Å². The summed E-state index contributed by atoms with van der Waals surface area (Å²) in [6.45, 7) is 2.52. The number of methoxy groups -OCH3 is 1. The Balaban J connectivity index is 1.59. The Hall–Kier alpha value is -1.65. The lowest BCUT2D eigenvalue weighted by molar-refractivity contribution is -0.0576. The number of hydrogen-bond acceptors (Lipinski definition) is 6. The number of urea groups is 1. The fourth-order valence-electron chi connectivity index (χ4n) is 3.49. The molecule has 25 heavy (non-hydrogen) atoms. The average molecular weight is 372 g/mol. The Morgan fingerprint density at radius 2 is 2.04 bits per heavy atom. The molecule has 5 atom stereocenters. The number of aromatic nitrogens is 2. The van der Waals surface area contributed by atoms with Crippen LogP contribution in [0.5, 0.6) is 0 Å². The lowest BCUT2D eigenvalue weighted by atomic mass is 9.83. The molecule has 0 spiro atoms. The summed E-state index contributed by atoms with van der Waals surface area (Å²) in [5, 5.41) is 9.86. The number of sulfone groups is 1. The van der Waals surface area contributed by atoms with Crippen LogP contribution in [0.1, 0.15) is 19.4 Å². The van der Waals surface area contributed by atoms with E-state index in [1.165, 1.54) is 7.11 Å². The third kappa shape index (κ3) is 3.96. The fraction of sp³-hybridized carbons (Fsp3) is 0.733. The van der Waals surface area contributed by atoms with E-state index in [-0.39, 0.29) is 29.7 Å². The van der Waals surface area contributed by atoms with Gasteiger partial charge >= 0.3 is 6.03 Å². The molecule has 1 saturated carbocycles. The number of carbonyl (C=O) groups is 1. The van der Waals surface area contributed by atoms with Gasteiger partial charge in [-0.2, -0.15) is 5.10 Å². The van der Waals surface area contributed by atoms with E-state index in [9.17, 15) is 13.2 Å². The number of ether oxygens (including phenoxy) is 2. The molecule has 2 amide bonds. The van der Waals surface area contributed by atoms with Gasteiger partial charge in [-0.15, -0.1) is 0 Å². The molecule has 1 aromatic heterocycles. The Bertz CT molecular complexity index is 693. The molecule has 3 rings (SSSR count). The topological polar surface area (TPSA) is 112 Å². The number of nitrogens with zero attached hydrogens (tertiary/aromatic N) is 2. The summed E-state index contributed by atoms with van der Waals surface area (Å²) < 4.78 is 36.1. The highest BCUT2D eigenvalue weighted by atomic mass is 32.2. The molecule has 9 nitrogen and oxygen atoms in total. The monoisotopic (exact) mass is 372 g/mol. The van der Waals surface area contributed by atoms with Crippen LogP contribution in [-0.4, -0.2) is 73.7 Å². The lowest BCUT2D eigenvalue weighted by Crippen LogP contribution is -2.60. The molecule has 140 valence electrons. The van der Waals surface area contributed by atoms with E-state index in [4.69, 9.17) is 9.47 Å². The van der Waals surface area contributed by atoms with Crippen LogP contribution < -0.4 is 10.6 Å². The molecule has 2 aliphatic rings. The zero-order chi connectivity index (χ0) is 18.0. The van der Waals surface area contributed by atoms with Gasteiger partial charge in [0.1, 0.15) is 0 Å². The summed E-state index contributed by atoms with van der Waals surface area (Å²) in [6, 6.07) is 0.675. The van der Waals surface area contributed by atoms with Crippen molar-refractivity contribution in [3.8, 4) is 0 Å². The van der Waals surface area contributed by atoms with Gasteiger partial charge in [0.05, 0.1) is 41.8 Å². The van der Waals surface area contributed by atoms with Gasteiger partial charge in [-0.25, -0.2) is 13.2 Å². The van der Waals surface area contributed by atoms with Gasteiger partial charge in [0, 0.05) is 26.1 Å². The van der Waals surface area contributed by atoms with Crippen molar-refractivity contribution in [3.63, 3.8) is 0 Å². The summed E-state index contributed by atoms with van der Waals surface area (Å²) in [5.41, 5.74) is 0. The third-order valence-corrected chi connectivity index (χ3v) is 6.43. The molecular weight excluding hydrogens is 348 g/mol. The Morgan fingerprint density at radius 3 is 2.68 bits per heavy atom. The van der Waals surface area contributed by atoms with Crippen molar-refractivity contribution in [2.45, 2.75) is 43.7 Å². The first kappa shape index (κ1) is 18.2. The molecular formula is C15H24N4O5S. The second-order valence-electron chi connectivity index (χ2n) is 6.39. The molecule has 1 aromatic rings. The molecule has 1 aliphatic heterocycles. The van der Waals surface area contributed by atoms with Crippen molar-refractivity contribution in [2.24, 2.45) is 0 Å². The molecule has 0 radical (unpaired) electrons. The van der Waals surface area contributed by atoms with Crippen LogP contribution in [0.15, 0.2) is 18.5 Å². The molecule has 1 aliphatic carbocycles. The van der Waals surface area contributed by atoms with Crippen LogP contribution in [0.25, 0.3) is 0 Å². The normalized spacial score (nSPS) is 33.6. The highest BCUT2D eigenvalue weighted by molar-refractivity contribution is 7.91. The lowest BCUT2D eigenvalue weighted by Gasteiger charge is -2.44. The number of amides is 2. The third-order valence-electron chi connectivity index (χ3n) is 4.73. The van der Waals surface area contributed by atoms with E-state index >= 15 is 0 Å². The van der Waals surface area contributed by atoms with Gasteiger partial charge in [-0.1, -0.05) is 0 Å². The fourth-order valence-corrected chi connectivity index (χ4v) is 5.34. The van der Waals surface area contributed by atoms with E-state index in [1.54, 1.807) is 10.9 Å². The van der Waals surface area contributed by atoms with Crippen molar-refractivity contribution in [2.75, 3.05) is 25.2 Å². The molecule has 2 fully saturated rings. The Kier molecular flexibility index (Phi) is 5.30. The average Bonchev–Trinajstić information content (AvgIpc) is 3.13. The van der Waals surface area contributed by atoms with Gasteiger partial charge < -0.3 is 20.1 Å². The number of hydrogen-bond donors (Lipinski definition) is 2. The maximum Gasteiger partial charge on any atom is 0.315 e. The predicted octanol–water partition coefficient (Wildman–Crippen LogP) is -0.287. The molecule has 10 heteroatoms. The summed E-state index contributed by atoms with van der Waals surface area (Å²) in [5.74, 6) is -0.173. The maximum atomic E-state index is 12.3. The smallest absolute Gasteiger partial charge is 0.315 e. The van der Waals surface area contributed by atoms with Gasteiger partial charge in [0.2, 0.25) is 0 Å². The first-order valence-electron chi connectivity index (χ1n) is 8.34. The van der Waals surface area contributed by atoms with Gasteiger partial charge in [-0.3, -0.25) is 4.68 Å². The second kappa shape index (κ2) is 7.30. The number of nitrogens with one attached hydrogen (secondary N) is 2. The minimum atomic E-state index is -3.19. The highest BCUT2D eigenvalue weighted by Gasteiger charge is 2.45. The van der Waals surface area contributed by atoms with Crippen molar-refractivity contribution < 1.29 is 22.7 Å². The van der Waals surface area contributed by atoms with E-state index in [1.807, 2.05) is 19.2 Å². The minimum absolute atomic E-state index is 0.00576. The number of rotatable bonds is 6. The summed E-state index contributed by atoms with van der Waals surface area (Å²) in [6.07, 6.45) is 3.68. The highest BCUT2D eigenvalue weighted by Crippen LogP contribution is 2.35. The largest absolute Gasteiger partial charge is 0.378 e. The van der Waals surface area contributed by atoms with E-state index in [0.717, 1.165) is 0 Å². The molecule has 2 N–H and O–H groups in total. The molecule has 1 saturated heterocycles. The van der Waals surface area contributed by atoms with E-state index in [2.05, 4.69) is 15.7 Å². The molecule has 5 unspecified atom stereocenters. The first-order chi connectivity index (χ1) is 11.9. The van der Waals surface area contributed by atoms with Crippen LogP contribution in [0, 0.1) is 0 Å². The summed E-state index contributed by atoms with van der Waals surface area (Å²) in [4.78, 5) is 12.3. The van der Waals surface area contributed by atoms with Crippen molar-refractivity contribution in [1.82, 2.24) is 20.4 Å². The maximum absolute atomic E-state index is 12.3. The zero-order valence-corrected chi connectivity index (χ0v) is 15.1. The van der Waals surface area contributed by atoms with Gasteiger partial charge in [0.25, 0.3) is 0 Å².